The molecular weight excluding hydrogens is 218 g/mol. The summed E-state index contributed by atoms with van der Waals surface area (Å²) in [6.07, 6.45) is 3.81. The third-order valence-corrected chi connectivity index (χ3v) is 3.43. The first-order valence-corrected chi connectivity index (χ1v) is 5.81. The number of hydrogen-bond donors (Lipinski definition) is 0. The van der Waals surface area contributed by atoms with Crippen LogP contribution in [0.2, 0.25) is 0 Å². The maximum Gasteiger partial charge on any atom is 0.00325 e. The van der Waals surface area contributed by atoms with Crippen molar-refractivity contribution in [2.75, 3.05) is 20.6 Å². The zero-order chi connectivity index (χ0) is 10.9. The van der Waals surface area contributed by atoms with E-state index >= 15 is 0 Å². The number of rotatable bonds is 2. The van der Waals surface area contributed by atoms with E-state index in [4.69, 9.17) is 0 Å². The van der Waals surface area contributed by atoms with Gasteiger partial charge in [0.15, 0.2) is 0 Å². The third kappa shape index (κ3) is 2.99. The number of benzene rings is 1. The fraction of sp³-hybridized carbons (Fsp3) is 0.571. The Morgan fingerprint density at radius 1 is 1.19 bits per heavy atom. The van der Waals surface area contributed by atoms with Crippen molar-refractivity contribution >= 4 is 12.4 Å². The van der Waals surface area contributed by atoms with Gasteiger partial charge in [-0.3, -0.25) is 0 Å². The molecule has 1 unspecified atom stereocenters. The maximum absolute atomic E-state index is 2.42. The molecule has 0 aromatic heterocycles. The van der Waals surface area contributed by atoms with Crippen molar-refractivity contribution in [2.45, 2.75) is 26.2 Å². The second kappa shape index (κ2) is 5.20. The zero-order valence-electron chi connectivity index (χ0n) is 10.5. The molecule has 1 aliphatic rings. The Balaban J connectivity index is 0.00000128. The van der Waals surface area contributed by atoms with Crippen LogP contribution in [0.5, 0.6) is 0 Å². The van der Waals surface area contributed by atoms with Gasteiger partial charge in [0.25, 0.3) is 0 Å². The molecule has 0 N–H and O–H groups in total. The molecule has 0 saturated heterocycles. The van der Waals surface area contributed by atoms with Crippen LogP contribution in [-0.2, 0) is 12.8 Å². The maximum atomic E-state index is 2.42. The van der Waals surface area contributed by atoms with Gasteiger partial charge in [-0.15, -0.1) is 12.4 Å². The summed E-state index contributed by atoms with van der Waals surface area (Å²) in [7, 11) is 4.34. The number of hydrogen-bond acceptors (Lipinski definition) is 1. The van der Waals surface area contributed by atoms with Crippen LogP contribution < -0.4 is 0 Å². The molecule has 0 saturated carbocycles. The smallest absolute Gasteiger partial charge is 0.00325 e. The fourth-order valence-corrected chi connectivity index (χ4v) is 2.86. The van der Waals surface area contributed by atoms with E-state index in [2.05, 4.69) is 50.2 Å². The van der Waals surface area contributed by atoms with Gasteiger partial charge in [0.1, 0.15) is 0 Å². The Morgan fingerprint density at radius 2 is 1.81 bits per heavy atom. The molecule has 0 fully saturated rings. The summed E-state index contributed by atoms with van der Waals surface area (Å²) in [6, 6.07) is 8.90. The van der Waals surface area contributed by atoms with Crippen molar-refractivity contribution in [2.24, 2.45) is 5.41 Å². The number of halogens is 1. The minimum atomic E-state index is 0. The summed E-state index contributed by atoms with van der Waals surface area (Å²) in [5.41, 5.74) is 3.60. The van der Waals surface area contributed by atoms with Crippen LogP contribution in [0, 0.1) is 5.41 Å². The van der Waals surface area contributed by atoms with Gasteiger partial charge in [0.05, 0.1) is 0 Å². The van der Waals surface area contributed by atoms with Crippen LogP contribution >= 0.6 is 12.4 Å². The summed E-state index contributed by atoms with van der Waals surface area (Å²) in [6.45, 7) is 3.62. The third-order valence-electron chi connectivity index (χ3n) is 3.43. The topological polar surface area (TPSA) is 3.24 Å². The monoisotopic (exact) mass is 239 g/mol. The Hall–Kier alpha value is -0.530. The van der Waals surface area contributed by atoms with Gasteiger partial charge in [0.2, 0.25) is 0 Å². The highest BCUT2D eigenvalue weighted by Crippen LogP contribution is 2.35. The summed E-state index contributed by atoms with van der Waals surface area (Å²) in [5.74, 6) is 0. The molecule has 0 spiro atoms. The van der Waals surface area contributed by atoms with Gasteiger partial charge in [-0.25, -0.2) is 0 Å². The highest BCUT2D eigenvalue weighted by atomic mass is 35.5. The molecule has 0 aliphatic heterocycles. The normalized spacial score (nSPS) is 23.8. The minimum Gasteiger partial charge on any atom is -0.309 e. The SMILES string of the molecule is CN(C)CC1(C)CCc2ccccc2C1.Cl. The quantitative estimate of drug-likeness (QED) is 0.767. The van der Waals surface area contributed by atoms with Crippen LogP contribution in [0.15, 0.2) is 24.3 Å². The average Bonchev–Trinajstić information content (AvgIpc) is 2.15. The van der Waals surface area contributed by atoms with Gasteiger partial charge < -0.3 is 4.90 Å². The van der Waals surface area contributed by atoms with Gasteiger partial charge in [-0.05, 0) is 49.9 Å². The van der Waals surface area contributed by atoms with Crippen LogP contribution in [0.25, 0.3) is 0 Å². The number of fused-ring (bicyclic) bond motifs is 1. The molecule has 1 aromatic carbocycles. The Bertz CT molecular complexity index is 348. The molecule has 1 aromatic rings. The summed E-state index contributed by atoms with van der Waals surface area (Å²) in [4.78, 5) is 2.31. The summed E-state index contributed by atoms with van der Waals surface area (Å²) in [5, 5.41) is 0. The predicted molar refractivity (Wildman–Crippen MR) is 72.4 cm³/mol. The van der Waals surface area contributed by atoms with Crippen LogP contribution in [-0.4, -0.2) is 25.5 Å². The molecule has 0 bridgehead atoms. The van der Waals surface area contributed by atoms with Crippen molar-refractivity contribution in [3.63, 3.8) is 0 Å². The van der Waals surface area contributed by atoms with Crippen molar-refractivity contribution in [1.29, 1.82) is 0 Å². The number of nitrogens with zero attached hydrogens (tertiary/aromatic N) is 1. The lowest BCUT2D eigenvalue weighted by Crippen LogP contribution is -2.36. The van der Waals surface area contributed by atoms with Crippen LogP contribution in [0.1, 0.15) is 24.5 Å². The van der Waals surface area contributed by atoms with E-state index in [1.807, 2.05) is 0 Å². The highest BCUT2D eigenvalue weighted by Gasteiger charge is 2.29. The zero-order valence-corrected chi connectivity index (χ0v) is 11.3. The van der Waals surface area contributed by atoms with E-state index in [0.29, 0.717) is 5.41 Å². The van der Waals surface area contributed by atoms with Crippen molar-refractivity contribution in [1.82, 2.24) is 4.90 Å². The van der Waals surface area contributed by atoms with Crippen molar-refractivity contribution in [3.8, 4) is 0 Å². The second-order valence-corrected chi connectivity index (χ2v) is 5.49. The van der Waals surface area contributed by atoms with E-state index < -0.39 is 0 Å². The molecule has 2 heteroatoms. The molecule has 90 valence electrons. The molecule has 1 atom stereocenters. The lowest BCUT2D eigenvalue weighted by molar-refractivity contribution is 0.193. The van der Waals surface area contributed by atoms with Gasteiger partial charge >= 0.3 is 0 Å². The largest absolute Gasteiger partial charge is 0.309 e. The Kier molecular flexibility index (Phi) is 4.40. The Labute approximate surface area is 105 Å². The van der Waals surface area contributed by atoms with Crippen LogP contribution in [0.3, 0.4) is 0 Å². The van der Waals surface area contributed by atoms with Gasteiger partial charge in [0, 0.05) is 6.54 Å². The minimum absolute atomic E-state index is 0. The van der Waals surface area contributed by atoms with Crippen molar-refractivity contribution < 1.29 is 0 Å². The predicted octanol–water partition coefficient (Wildman–Crippen LogP) is 3.17. The number of aryl methyl sites for hydroxylation is 1. The molecule has 16 heavy (non-hydrogen) atoms. The average molecular weight is 240 g/mol. The first-order chi connectivity index (χ1) is 7.09. The van der Waals surface area contributed by atoms with E-state index in [0.717, 1.165) is 0 Å². The van der Waals surface area contributed by atoms with Crippen LogP contribution in [0.4, 0.5) is 0 Å². The standard InChI is InChI=1S/C14H21N.ClH/c1-14(11-15(2)3)9-8-12-6-4-5-7-13(12)10-14;/h4-7H,8-11H2,1-3H3;1H. The van der Waals surface area contributed by atoms with Crippen molar-refractivity contribution in [3.05, 3.63) is 35.4 Å². The molecule has 0 heterocycles. The highest BCUT2D eigenvalue weighted by molar-refractivity contribution is 5.85. The molecular formula is C14H22ClN. The lowest BCUT2D eigenvalue weighted by Gasteiger charge is -2.37. The molecule has 1 nitrogen and oxygen atoms in total. The van der Waals surface area contributed by atoms with E-state index in [1.54, 1.807) is 11.1 Å². The molecule has 0 radical (unpaired) electrons. The second-order valence-electron chi connectivity index (χ2n) is 5.49. The first kappa shape index (κ1) is 13.5. The molecule has 1 aliphatic carbocycles. The summed E-state index contributed by atoms with van der Waals surface area (Å²) < 4.78 is 0. The van der Waals surface area contributed by atoms with E-state index in [9.17, 15) is 0 Å². The lowest BCUT2D eigenvalue weighted by atomic mass is 9.73. The molecule has 2 rings (SSSR count). The van der Waals surface area contributed by atoms with E-state index in [-0.39, 0.29) is 12.4 Å². The fourth-order valence-electron chi connectivity index (χ4n) is 2.86. The van der Waals surface area contributed by atoms with Gasteiger partial charge in [-0.1, -0.05) is 31.2 Å². The first-order valence-electron chi connectivity index (χ1n) is 5.81. The molecule has 0 amide bonds. The summed E-state index contributed by atoms with van der Waals surface area (Å²) >= 11 is 0. The Morgan fingerprint density at radius 3 is 2.44 bits per heavy atom. The van der Waals surface area contributed by atoms with E-state index in [1.165, 1.54) is 25.8 Å². The van der Waals surface area contributed by atoms with Gasteiger partial charge in [-0.2, -0.15) is 0 Å².